The van der Waals surface area contributed by atoms with Gasteiger partial charge in [-0.2, -0.15) is 0 Å². The van der Waals surface area contributed by atoms with Gasteiger partial charge in [0.1, 0.15) is 0 Å². The van der Waals surface area contributed by atoms with E-state index >= 15 is 0 Å². The summed E-state index contributed by atoms with van der Waals surface area (Å²) in [6, 6.07) is 7.12. The zero-order valence-corrected chi connectivity index (χ0v) is 15.2. The minimum atomic E-state index is -0.277. The highest BCUT2D eigenvalue weighted by atomic mass is 16.2. The highest BCUT2D eigenvalue weighted by Crippen LogP contribution is 2.27. The monoisotopic (exact) mass is 345 g/mol. The Kier molecular flexibility index (Phi) is 6.56. The number of anilines is 2. The van der Waals surface area contributed by atoms with Crippen molar-refractivity contribution >= 4 is 29.1 Å². The maximum Gasteiger partial charge on any atom is 0.228 e. The highest BCUT2D eigenvalue weighted by molar-refractivity contribution is 6.00. The number of nitrogens with zero attached hydrogens (tertiary/aromatic N) is 2. The summed E-state index contributed by atoms with van der Waals surface area (Å²) in [6.45, 7) is 7.45. The van der Waals surface area contributed by atoms with E-state index in [0.717, 1.165) is 31.6 Å². The molecule has 1 aliphatic rings. The molecule has 1 aliphatic heterocycles. The van der Waals surface area contributed by atoms with Crippen molar-refractivity contribution in [3.05, 3.63) is 24.3 Å². The van der Waals surface area contributed by atoms with Gasteiger partial charge in [0.15, 0.2) is 0 Å². The molecule has 25 heavy (non-hydrogen) atoms. The fourth-order valence-corrected chi connectivity index (χ4v) is 3.18. The van der Waals surface area contributed by atoms with E-state index in [0.29, 0.717) is 12.2 Å². The van der Waals surface area contributed by atoms with Gasteiger partial charge in [0, 0.05) is 44.4 Å². The van der Waals surface area contributed by atoms with Crippen molar-refractivity contribution in [1.82, 2.24) is 4.90 Å². The number of carbonyl (C=O) groups is 3. The van der Waals surface area contributed by atoms with Crippen molar-refractivity contribution in [3.63, 3.8) is 0 Å². The number of amides is 3. The quantitative estimate of drug-likeness (QED) is 0.826. The maximum absolute atomic E-state index is 12.7. The zero-order chi connectivity index (χ0) is 18.4. The van der Waals surface area contributed by atoms with Crippen LogP contribution in [0.25, 0.3) is 0 Å². The van der Waals surface area contributed by atoms with Crippen molar-refractivity contribution in [2.45, 2.75) is 40.0 Å². The first-order valence-corrected chi connectivity index (χ1v) is 8.93. The van der Waals surface area contributed by atoms with Gasteiger partial charge < -0.3 is 15.1 Å². The second-order valence-electron chi connectivity index (χ2n) is 6.46. The third-order valence-electron chi connectivity index (χ3n) is 4.27. The number of hydrogen-bond donors (Lipinski definition) is 1. The van der Waals surface area contributed by atoms with Crippen molar-refractivity contribution < 1.29 is 14.4 Å². The summed E-state index contributed by atoms with van der Waals surface area (Å²) in [5.74, 6) is -0.365. The van der Waals surface area contributed by atoms with Gasteiger partial charge in [-0.1, -0.05) is 13.8 Å². The first-order chi connectivity index (χ1) is 12.0. The van der Waals surface area contributed by atoms with Gasteiger partial charge in [0.2, 0.25) is 17.7 Å². The third-order valence-corrected chi connectivity index (χ3v) is 4.27. The van der Waals surface area contributed by atoms with Gasteiger partial charge in [-0.15, -0.1) is 0 Å². The van der Waals surface area contributed by atoms with Crippen molar-refractivity contribution in [2.75, 3.05) is 29.9 Å². The normalized spacial score (nSPS) is 16.8. The SMILES string of the molecule is CCCN(CCC)C(=O)[C@H]1CC(=O)N(c2ccc(NC(C)=O)cc2)C1. The molecular weight excluding hydrogens is 318 g/mol. The average Bonchev–Trinajstić information content (AvgIpc) is 2.96. The van der Waals surface area contributed by atoms with E-state index in [1.54, 1.807) is 29.2 Å². The van der Waals surface area contributed by atoms with Crippen molar-refractivity contribution in [2.24, 2.45) is 5.92 Å². The molecule has 1 fully saturated rings. The Labute approximate surface area is 149 Å². The molecule has 0 saturated carbocycles. The van der Waals surface area contributed by atoms with Crippen LogP contribution in [0.2, 0.25) is 0 Å². The van der Waals surface area contributed by atoms with Gasteiger partial charge in [-0.05, 0) is 37.1 Å². The van der Waals surface area contributed by atoms with E-state index in [4.69, 9.17) is 0 Å². The summed E-state index contributed by atoms with van der Waals surface area (Å²) in [4.78, 5) is 39.7. The van der Waals surface area contributed by atoms with Crippen LogP contribution in [-0.4, -0.2) is 42.3 Å². The minimum Gasteiger partial charge on any atom is -0.342 e. The van der Waals surface area contributed by atoms with Crippen LogP contribution in [-0.2, 0) is 14.4 Å². The largest absolute Gasteiger partial charge is 0.342 e. The molecule has 0 radical (unpaired) electrons. The van der Waals surface area contributed by atoms with E-state index in [1.807, 2.05) is 4.90 Å². The third kappa shape index (κ3) is 4.81. The fraction of sp³-hybridized carbons (Fsp3) is 0.526. The number of rotatable bonds is 7. The zero-order valence-electron chi connectivity index (χ0n) is 15.2. The van der Waals surface area contributed by atoms with E-state index in [-0.39, 0.29) is 30.1 Å². The summed E-state index contributed by atoms with van der Waals surface area (Å²) < 4.78 is 0. The number of hydrogen-bond acceptors (Lipinski definition) is 3. The minimum absolute atomic E-state index is 0.0291. The Morgan fingerprint density at radius 1 is 1.16 bits per heavy atom. The Balaban J connectivity index is 2.06. The molecule has 6 heteroatoms. The van der Waals surface area contributed by atoms with Crippen LogP contribution in [0.5, 0.6) is 0 Å². The molecule has 0 bridgehead atoms. The second-order valence-corrected chi connectivity index (χ2v) is 6.46. The lowest BCUT2D eigenvalue weighted by atomic mass is 10.1. The molecule has 1 N–H and O–H groups in total. The van der Waals surface area contributed by atoms with Crippen LogP contribution < -0.4 is 10.2 Å². The van der Waals surface area contributed by atoms with Gasteiger partial charge in [0.25, 0.3) is 0 Å². The molecule has 1 aromatic carbocycles. The van der Waals surface area contributed by atoms with Crippen LogP contribution in [0.1, 0.15) is 40.0 Å². The molecule has 0 aliphatic carbocycles. The smallest absolute Gasteiger partial charge is 0.228 e. The molecule has 1 saturated heterocycles. The van der Waals surface area contributed by atoms with Gasteiger partial charge in [-0.25, -0.2) is 0 Å². The van der Waals surface area contributed by atoms with Crippen LogP contribution in [0.3, 0.4) is 0 Å². The average molecular weight is 345 g/mol. The van der Waals surface area contributed by atoms with Crippen LogP contribution in [0.15, 0.2) is 24.3 Å². The molecule has 2 rings (SSSR count). The Hall–Kier alpha value is -2.37. The predicted octanol–water partition coefficient (Wildman–Crippen LogP) is 2.65. The van der Waals surface area contributed by atoms with E-state index < -0.39 is 0 Å². The first kappa shape index (κ1) is 19.0. The number of carbonyl (C=O) groups excluding carboxylic acids is 3. The molecule has 0 spiro atoms. The molecule has 0 aromatic heterocycles. The molecule has 0 unspecified atom stereocenters. The van der Waals surface area contributed by atoms with Crippen molar-refractivity contribution in [3.8, 4) is 0 Å². The molecule has 136 valence electrons. The molecule has 6 nitrogen and oxygen atoms in total. The van der Waals surface area contributed by atoms with Crippen molar-refractivity contribution in [1.29, 1.82) is 0 Å². The molecule has 3 amide bonds. The Morgan fingerprint density at radius 2 is 1.76 bits per heavy atom. The van der Waals surface area contributed by atoms with Crippen LogP contribution in [0, 0.1) is 5.92 Å². The Morgan fingerprint density at radius 3 is 2.28 bits per heavy atom. The summed E-state index contributed by atoms with van der Waals surface area (Å²) in [6.07, 6.45) is 2.09. The summed E-state index contributed by atoms with van der Waals surface area (Å²) in [5, 5.41) is 2.70. The predicted molar refractivity (Wildman–Crippen MR) is 98.4 cm³/mol. The lowest BCUT2D eigenvalue weighted by Crippen LogP contribution is -2.38. The topological polar surface area (TPSA) is 69.7 Å². The fourth-order valence-electron chi connectivity index (χ4n) is 3.18. The Bertz CT molecular complexity index is 621. The van der Waals surface area contributed by atoms with E-state index in [9.17, 15) is 14.4 Å². The molecule has 1 atom stereocenters. The second kappa shape index (κ2) is 8.65. The van der Waals surface area contributed by atoms with Gasteiger partial charge in [0.05, 0.1) is 5.92 Å². The maximum atomic E-state index is 12.7. The standard InChI is InChI=1S/C19H27N3O3/c1-4-10-21(11-5-2)19(25)15-12-18(24)22(13-15)17-8-6-16(7-9-17)20-14(3)23/h6-9,15H,4-5,10-13H2,1-3H3,(H,20,23)/t15-/m0/s1. The van der Waals surface area contributed by atoms with E-state index in [1.165, 1.54) is 6.92 Å². The lowest BCUT2D eigenvalue weighted by Gasteiger charge is -2.24. The lowest BCUT2D eigenvalue weighted by molar-refractivity contribution is -0.135. The van der Waals surface area contributed by atoms with Gasteiger partial charge >= 0.3 is 0 Å². The van der Waals surface area contributed by atoms with Crippen LogP contribution in [0.4, 0.5) is 11.4 Å². The van der Waals surface area contributed by atoms with Crippen LogP contribution >= 0.6 is 0 Å². The molecule has 1 heterocycles. The summed E-state index contributed by atoms with van der Waals surface area (Å²) in [5.41, 5.74) is 1.44. The summed E-state index contributed by atoms with van der Waals surface area (Å²) >= 11 is 0. The molecular formula is C19H27N3O3. The van der Waals surface area contributed by atoms with E-state index in [2.05, 4.69) is 19.2 Å². The van der Waals surface area contributed by atoms with Gasteiger partial charge in [-0.3, -0.25) is 14.4 Å². The highest BCUT2D eigenvalue weighted by Gasteiger charge is 2.36. The number of nitrogens with one attached hydrogen (secondary N) is 1. The molecule has 1 aromatic rings. The number of benzene rings is 1. The summed E-state index contributed by atoms with van der Waals surface area (Å²) in [7, 11) is 0. The first-order valence-electron chi connectivity index (χ1n) is 8.93.